The molecule has 36 heavy (non-hydrogen) atoms. The Kier molecular flexibility index (Phi) is 6.70. The summed E-state index contributed by atoms with van der Waals surface area (Å²) in [6, 6.07) is 9.76. The molecule has 12 heteroatoms. The molecule has 0 bridgehead atoms. The van der Waals surface area contributed by atoms with Gasteiger partial charge in [0.25, 0.3) is 12.3 Å². The van der Waals surface area contributed by atoms with Crippen LogP contribution < -0.4 is 10.2 Å². The van der Waals surface area contributed by atoms with E-state index in [-0.39, 0.29) is 36.6 Å². The molecule has 3 aromatic rings. The number of fused-ring (bicyclic) bond motifs is 1. The number of carboxylic acids is 1. The van der Waals surface area contributed by atoms with Crippen molar-refractivity contribution in [1.82, 2.24) is 15.1 Å². The molecule has 2 aromatic carbocycles. The van der Waals surface area contributed by atoms with E-state index in [0.717, 1.165) is 12.1 Å². The highest BCUT2D eigenvalue weighted by molar-refractivity contribution is 6.01. The Bertz CT molecular complexity index is 1290. The van der Waals surface area contributed by atoms with E-state index in [0.29, 0.717) is 11.1 Å². The van der Waals surface area contributed by atoms with Gasteiger partial charge in [-0.1, -0.05) is 24.3 Å². The van der Waals surface area contributed by atoms with E-state index in [9.17, 15) is 31.5 Å². The van der Waals surface area contributed by atoms with Crippen molar-refractivity contribution in [2.45, 2.75) is 38.7 Å². The van der Waals surface area contributed by atoms with Gasteiger partial charge in [-0.2, -0.15) is 18.3 Å². The molecule has 0 radical (unpaired) electrons. The number of benzene rings is 2. The second-order valence-corrected chi connectivity index (χ2v) is 8.35. The highest BCUT2D eigenvalue weighted by atomic mass is 19.4. The van der Waals surface area contributed by atoms with Gasteiger partial charge < -0.3 is 15.3 Å². The molecule has 1 aliphatic rings. The van der Waals surface area contributed by atoms with Gasteiger partial charge in [0.1, 0.15) is 17.1 Å². The maximum Gasteiger partial charge on any atom is 0.416 e. The van der Waals surface area contributed by atoms with Crippen molar-refractivity contribution in [3.05, 3.63) is 82.0 Å². The van der Waals surface area contributed by atoms with Crippen LogP contribution in [0.2, 0.25) is 0 Å². The molecule has 0 saturated heterocycles. The van der Waals surface area contributed by atoms with Gasteiger partial charge in [0, 0.05) is 13.1 Å². The van der Waals surface area contributed by atoms with Crippen LogP contribution in [0.3, 0.4) is 0 Å². The van der Waals surface area contributed by atoms with Gasteiger partial charge in [0.2, 0.25) is 0 Å². The minimum Gasteiger partial charge on any atom is -0.478 e. The Hall–Kier alpha value is -3.96. The molecule has 1 aromatic heterocycles. The number of hydrogen-bond acceptors (Lipinski definition) is 4. The predicted molar refractivity (Wildman–Crippen MR) is 119 cm³/mol. The van der Waals surface area contributed by atoms with Gasteiger partial charge in [-0.15, -0.1) is 0 Å². The van der Waals surface area contributed by atoms with Crippen molar-refractivity contribution in [2.75, 3.05) is 11.4 Å². The molecule has 0 aliphatic carbocycles. The van der Waals surface area contributed by atoms with Gasteiger partial charge in [0.15, 0.2) is 0 Å². The number of carbonyl (C=O) groups excluding carboxylic acids is 1. The topological polar surface area (TPSA) is 87.5 Å². The number of hydrogen-bond donors (Lipinski definition) is 2. The Morgan fingerprint density at radius 2 is 1.81 bits per heavy atom. The fourth-order valence-electron chi connectivity index (χ4n) is 4.13. The van der Waals surface area contributed by atoms with E-state index in [4.69, 9.17) is 5.11 Å². The summed E-state index contributed by atoms with van der Waals surface area (Å²) in [7, 11) is 0. The number of nitrogens with zero attached hydrogens (tertiary/aromatic N) is 3. The second kappa shape index (κ2) is 9.59. The minimum absolute atomic E-state index is 0.0369. The van der Waals surface area contributed by atoms with Gasteiger partial charge in [-0.05, 0) is 42.3 Å². The zero-order chi connectivity index (χ0) is 26.2. The summed E-state index contributed by atoms with van der Waals surface area (Å²) in [5.41, 5.74) is -0.986. The van der Waals surface area contributed by atoms with Crippen LogP contribution in [0.5, 0.6) is 0 Å². The number of nitrogens with one attached hydrogen (secondary N) is 1. The number of rotatable bonds is 7. The maximum atomic E-state index is 13.8. The predicted octanol–water partition coefficient (Wildman–Crippen LogP) is 5.05. The molecule has 4 rings (SSSR count). The van der Waals surface area contributed by atoms with Crippen LogP contribution >= 0.6 is 0 Å². The van der Waals surface area contributed by atoms with E-state index >= 15 is 0 Å². The lowest BCUT2D eigenvalue weighted by molar-refractivity contribution is -0.137. The average Bonchev–Trinajstić information content (AvgIpc) is 3.39. The average molecular weight is 508 g/mol. The van der Waals surface area contributed by atoms with Gasteiger partial charge in [0.05, 0.1) is 23.7 Å². The Labute approximate surface area is 202 Å². The first kappa shape index (κ1) is 25.1. The van der Waals surface area contributed by atoms with Gasteiger partial charge >= 0.3 is 12.1 Å². The zero-order valence-electron chi connectivity index (χ0n) is 18.9. The monoisotopic (exact) mass is 508 g/mol. The van der Waals surface area contributed by atoms with Gasteiger partial charge in [-0.25, -0.2) is 18.3 Å². The SMILES string of the molecule is C[C@H](NC(=O)c1c(C(F)F)nn2c1N(Cc1cccc(C(F)(F)F)c1)CC2)c1ccc(C(=O)O)cc1. The summed E-state index contributed by atoms with van der Waals surface area (Å²) < 4.78 is 68.2. The van der Waals surface area contributed by atoms with Crippen molar-refractivity contribution in [3.8, 4) is 0 Å². The first-order valence-corrected chi connectivity index (χ1v) is 10.9. The summed E-state index contributed by atoms with van der Waals surface area (Å²) in [5.74, 6) is -1.83. The van der Waals surface area contributed by atoms with Crippen LogP contribution in [0.1, 0.15) is 62.5 Å². The number of halogens is 5. The fraction of sp³-hybridized carbons (Fsp3) is 0.292. The Balaban J connectivity index is 1.61. The molecule has 0 fully saturated rings. The third-order valence-corrected chi connectivity index (χ3v) is 5.90. The lowest BCUT2D eigenvalue weighted by Gasteiger charge is -2.21. The normalized spacial score (nSPS) is 14.1. The van der Waals surface area contributed by atoms with Crippen LogP contribution in [0, 0.1) is 0 Å². The van der Waals surface area contributed by atoms with Crippen molar-refractivity contribution >= 4 is 17.7 Å². The standard InChI is InChI=1S/C24H21F5N4O3/c1-13(15-5-7-16(8-6-15)23(35)36)30-21(34)18-19(20(25)26)31-33-10-9-32(22(18)33)12-14-3-2-4-17(11-14)24(27,28)29/h2-8,11,13,20H,9-10,12H2,1H3,(H,30,34)(H,35,36)/t13-/m0/s1. The number of anilines is 1. The van der Waals surface area contributed by atoms with E-state index in [1.165, 1.54) is 41.1 Å². The number of aromatic nitrogens is 2. The van der Waals surface area contributed by atoms with Crippen LogP contribution in [-0.4, -0.2) is 33.3 Å². The van der Waals surface area contributed by atoms with Crippen LogP contribution in [0.4, 0.5) is 27.8 Å². The summed E-state index contributed by atoms with van der Waals surface area (Å²) >= 11 is 0. The molecule has 0 unspecified atom stereocenters. The smallest absolute Gasteiger partial charge is 0.416 e. The summed E-state index contributed by atoms with van der Waals surface area (Å²) in [6.07, 6.45) is -7.58. The van der Waals surface area contributed by atoms with Crippen molar-refractivity contribution < 1.29 is 36.6 Å². The maximum absolute atomic E-state index is 13.8. The molecule has 190 valence electrons. The molecular weight excluding hydrogens is 487 g/mol. The fourth-order valence-corrected chi connectivity index (χ4v) is 4.13. The lowest BCUT2D eigenvalue weighted by Crippen LogP contribution is -2.30. The summed E-state index contributed by atoms with van der Waals surface area (Å²) in [4.78, 5) is 25.8. The lowest BCUT2D eigenvalue weighted by atomic mass is 10.1. The molecule has 7 nitrogen and oxygen atoms in total. The van der Waals surface area contributed by atoms with Crippen LogP contribution in [-0.2, 0) is 19.3 Å². The minimum atomic E-state index is -4.53. The zero-order valence-corrected chi connectivity index (χ0v) is 18.9. The third kappa shape index (κ3) is 5.02. The number of aromatic carboxylic acids is 1. The van der Waals surface area contributed by atoms with Crippen molar-refractivity contribution in [1.29, 1.82) is 0 Å². The Morgan fingerprint density at radius 3 is 2.42 bits per heavy atom. The Morgan fingerprint density at radius 1 is 1.11 bits per heavy atom. The van der Waals surface area contributed by atoms with E-state index in [1.807, 2.05) is 0 Å². The third-order valence-electron chi connectivity index (χ3n) is 5.90. The molecule has 1 atom stereocenters. The largest absolute Gasteiger partial charge is 0.478 e. The highest BCUT2D eigenvalue weighted by Gasteiger charge is 2.36. The number of amides is 1. The van der Waals surface area contributed by atoms with E-state index in [2.05, 4.69) is 10.4 Å². The number of carboxylic acid groups (broad SMARTS) is 1. The quantitative estimate of drug-likeness (QED) is 0.437. The van der Waals surface area contributed by atoms with Crippen LogP contribution in [0.15, 0.2) is 48.5 Å². The molecule has 0 spiro atoms. The second-order valence-electron chi connectivity index (χ2n) is 8.35. The first-order chi connectivity index (χ1) is 17.0. The number of carbonyl (C=O) groups is 2. The summed E-state index contributed by atoms with van der Waals surface area (Å²) in [6.45, 7) is 2.03. The molecule has 2 heterocycles. The van der Waals surface area contributed by atoms with Gasteiger partial charge in [-0.3, -0.25) is 4.79 Å². The summed E-state index contributed by atoms with van der Waals surface area (Å²) in [5, 5.41) is 15.6. The molecule has 1 amide bonds. The molecule has 0 saturated carbocycles. The van der Waals surface area contributed by atoms with Crippen molar-refractivity contribution in [2.24, 2.45) is 0 Å². The van der Waals surface area contributed by atoms with E-state index < -0.39 is 41.8 Å². The molecule has 2 N–H and O–H groups in total. The van der Waals surface area contributed by atoms with E-state index in [1.54, 1.807) is 11.8 Å². The highest BCUT2D eigenvalue weighted by Crippen LogP contribution is 2.36. The molecule has 1 aliphatic heterocycles. The molecular formula is C24H21F5N4O3. The number of alkyl halides is 5. The first-order valence-electron chi connectivity index (χ1n) is 10.9. The van der Waals surface area contributed by atoms with Crippen molar-refractivity contribution in [3.63, 3.8) is 0 Å². The van der Waals surface area contributed by atoms with Crippen LogP contribution in [0.25, 0.3) is 0 Å².